The van der Waals surface area contributed by atoms with Gasteiger partial charge >= 0.3 is 5.97 Å². The van der Waals surface area contributed by atoms with E-state index >= 15 is 0 Å². The molecule has 0 spiro atoms. The number of rotatable bonds is 5. The van der Waals surface area contributed by atoms with E-state index in [1.165, 1.54) is 40.4 Å². The molecule has 19 heavy (non-hydrogen) atoms. The molecule has 102 valence electrons. The van der Waals surface area contributed by atoms with Crippen molar-refractivity contribution in [2.45, 2.75) is 13.0 Å². The van der Waals surface area contributed by atoms with Gasteiger partial charge in [-0.05, 0) is 6.92 Å². The maximum atomic E-state index is 11.9. The van der Waals surface area contributed by atoms with Crippen LogP contribution in [0.2, 0.25) is 0 Å². The van der Waals surface area contributed by atoms with Gasteiger partial charge in [0.1, 0.15) is 17.4 Å². The average Bonchev–Trinajstić information content (AvgIpc) is 2.45. The second-order valence-corrected chi connectivity index (χ2v) is 3.58. The molecule has 0 N–H and O–H groups in total. The lowest BCUT2D eigenvalue weighted by Crippen LogP contribution is -2.14. The maximum Gasteiger partial charge on any atom is 0.343 e. The van der Waals surface area contributed by atoms with Gasteiger partial charge in [0.15, 0.2) is 17.6 Å². The summed E-state index contributed by atoms with van der Waals surface area (Å²) < 4.78 is 20.2. The zero-order chi connectivity index (χ0) is 14.4. The number of methoxy groups -OCH3 is 3. The topological polar surface area (TPSA) is 77.8 Å². The first-order chi connectivity index (χ1) is 9.07. The molecule has 0 amide bonds. The van der Waals surface area contributed by atoms with Crippen LogP contribution in [0.4, 0.5) is 0 Å². The fraction of sp³-hybridized carbons (Fsp3) is 0.385. The number of carbonyl (C=O) groups excluding carboxylic acids is 1. The molecule has 0 fully saturated rings. The Morgan fingerprint density at radius 3 is 2.11 bits per heavy atom. The molecule has 0 bridgehead atoms. The molecule has 1 aromatic carbocycles. The normalized spacial score (nSPS) is 11.1. The summed E-state index contributed by atoms with van der Waals surface area (Å²) in [5, 5.41) is 8.64. The highest BCUT2D eigenvalue weighted by Gasteiger charge is 2.20. The van der Waals surface area contributed by atoms with Gasteiger partial charge < -0.3 is 18.9 Å². The van der Waals surface area contributed by atoms with E-state index in [0.717, 1.165) is 0 Å². The zero-order valence-electron chi connectivity index (χ0n) is 11.2. The summed E-state index contributed by atoms with van der Waals surface area (Å²) >= 11 is 0. The Morgan fingerprint density at radius 2 is 1.63 bits per heavy atom. The van der Waals surface area contributed by atoms with E-state index in [2.05, 4.69) is 0 Å². The average molecular weight is 265 g/mol. The van der Waals surface area contributed by atoms with Gasteiger partial charge in [0, 0.05) is 12.1 Å². The largest absolute Gasteiger partial charge is 0.496 e. The van der Waals surface area contributed by atoms with Crippen molar-refractivity contribution in [1.29, 1.82) is 5.26 Å². The van der Waals surface area contributed by atoms with Crippen LogP contribution in [0.5, 0.6) is 17.2 Å². The van der Waals surface area contributed by atoms with Crippen LogP contribution >= 0.6 is 0 Å². The Balaban J connectivity index is 3.19. The molecule has 6 heteroatoms. The van der Waals surface area contributed by atoms with Crippen LogP contribution in [0, 0.1) is 11.3 Å². The molecule has 1 rings (SSSR count). The molecule has 0 aliphatic rings. The highest BCUT2D eigenvalue weighted by atomic mass is 16.5. The number of hydrogen-bond acceptors (Lipinski definition) is 6. The summed E-state index contributed by atoms with van der Waals surface area (Å²) in [7, 11) is 4.36. The first-order valence-electron chi connectivity index (χ1n) is 5.48. The summed E-state index contributed by atoms with van der Waals surface area (Å²) in [6, 6.07) is 4.78. The number of nitriles is 1. The van der Waals surface area contributed by atoms with Crippen LogP contribution in [0.15, 0.2) is 12.1 Å². The number of esters is 1. The first kappa shape index (κ1) is 14.6. The van der Waals surface area contributed by atoms with Crippen molar-refractivity contribution in [2.24, 2.45) is 0 Å². The summed E-state index contributed by atoms with van der Waals surface area (Å²) in [6.07, 6.45) is -0.842. The summed E-state index contributed by atoms with van der Waals surface area (Å²) in [6.45, 7) is 1.48. The number of hydrogen-bond donors (Lipinski definition) is 0. The molecule has 0 aromatic heterocycles. The van der Waals surface area contributed by atoms with Crippen molar-refractivity contribution in [1.82, 2.24) is 0 Å². The Kier molecular flexibility index (Phi) is 5.01. The van der Waals surface area contributed by atoms with E-state index in [1.54, 1.807) is 0 Å². The fourth-order valence-electron chi connectivity index (χ4n) is 1.44. The molecule has 0 saturated carbocycles. The van der Waals surface area contributed by atoms with E-state index < -0.39 is 12.1 Å². The van der Waals surface area contributed by atoms with Crippen LogP contribution in [0.1, 0.15) is 17.3 Å². The lowest BCUT2D eigenvalue weighted by atomic mass is 10.1. The van der Waals surface area contributed by atoms with Crippen LogP contribution in [-0.2, 0) is 4.74 Å². The van der Waals surface area contributed by atoms with Crippen LogP contribution in [0.25, 0.3) is 0 Å². The predicted molar refractivity (Wildman–Crippen MR) is 66.6 cm³/mol. The van der Waals surface area contributed by atoms with E-state index in [-0.39, 0.29) is 11.3 Å². The van der Waals surface area contributed by atoms with Crippen LogP contribution in [-0.4, -0.2) is 33.4 Å². The number of ether oxygens (including phenoxy) is 4. The number of nitrogens with zero attached hydrogens (tertiary/aromatic N) is 1. The lowest BCUT2D eigenvalue weighted by Gasteiger charge is -2.14. The van der Waals surface area contributed by atoms with Crippen LogP contribution < -0.4 is 14.2 Å². The van der Waals surface area contributed by atoms with Gasteiger partial charge in [-0.25, -0.2) is 4.79 Å². The Morgan fingerprint density at radius 1 is 1.11 bits per heavy atom. The van der Waals surface area contributed by atoms with Gasteiger partial charge in [-0.3, -0.25) is 0 Å². The smallest absolute Gasteiger partial charge is 0.343 e. The summed E-state index contributed by atoms with van der Waals surface area (Å²) in [4.78, 5) is 11.9. The summed E-state index contributed by atoms with van der Waals surface area (Å²) in [5.41, 5.74) is 0.169. The number of carbonyl (C=O) groups is 1. The van der Waals surface area contributed by atoms with Gasteiger partial charge in [-0.15, -0.1) is 0 Å². The molecule has 6 nitrogen and oxygen atoms in total. The van der Waals surface area contributed by atoms with Crippen molar-refractivity contribution < 1.29 is 23.7 Å². The third-order valence-corrected chi connectivity index (χ3v) is 2.39. The maximum absolute atomic E-state index is 11.9. The Hall–Kier alpha value is -2.42. The van der Waals surface area contributed by atoms with Crippen molar-refractivity contribution in [3.05, 3.63) is 17.7 Å². The minimum atomic E-state index is -0.842. The van der Waals surface area contributed by atoms with Crippen molar-refractivity contribution in [3.8, 4) is 23.3 Å². The third kappa shape index (κ3) is 3.28. The molecule has 1 aromatic rings. The van der Waals surface area contributed by atoms with Gasteiger partial charge in [0.05, 0.1) is 21.3 Å². The van der Waals surface area contributed by atoms with E-state index in [1.807, 2.05) is 6.07 Å². The monoisotopic (exact) mass is 265 g/mol. The Bertz CT molecular complexity index is 506. The standard InChI is InChI=1S/C13H15NO5/c1-8(7-14)19-13(15)9-5-11(17-3)12(18-4)6-10(9)16-2/h5-6,8H,1-4H3. The second kappa shape index (κ2) is 6.50. The molecular formula is C13H15NO5. The highest BCUT2D eigenvalue weighted by Crippen LogP contribution is 2.35. The van der Waals surface area contributed by atoms with E-state index in [4.69, 9.17) is 24.2 Å². The third-order valence-electron chi connectivity index (χ3n) is 2.39. The lowest BCUT2D eigenvalue weighted by molar-refractivity contribution is 0.0431. The quantitative estimate of drug-likeness (QED) is 0.755. The predicted octanol–water partition coefficient (Wildman–Crippen LogP) is 1.78. The van der Waals surface area contributed by atoms with Crippen molar-refractivity contribution in [2.75, 3.05) is 21.3 Å². The van der Waals surface area contributed by atoms with E-state index in [9.17, 15) is 4.79 Å². The zero-order valence-corrected chi connectivity index (χ0v) is 11.2. The molecular weight excluding hydrogens is 250 g/mol. The minimum absolute atomic E-state index is 0.169. The first-order valence-corrected chi connectivity index (χ1v) is 5.48. The van der Waals surface area contributed by atoms with Gasteiger partial charge in [0.2, 0.25) is 0 Å². The minimum Gasteiger partial charge on any atom is -0.496 e. The van der Waals surface area contributed by atoms with Crippen LogP contribution in [0.3, 0.4) is 0 Å². The Labute approximate surface area is 111 Å². The highest BCUT2D eigenvalue weighted by molar-refractivity contribution is 5.93. The molecule has 1 unspecified atom stereocenters. The molecule has 0 radical (unpaired) electrons. The summed E-state index contributed by atoms with van der Waals surface area (Å²) in [5.74, 6) is 0.434. The molecule has 1 atom stereocenters. The fourth-order valence-corrected chi connectivity index (χ4v) is 1.44. The molecule has 0 aliphatic carbocycles. The molecule has 0 aliphatic heterocycles. The molecule has 0 saturated heterocycles. The SMILES string of the molecule is COc1cc(OC)c(C(=O)OC(C)C#N)cc1OC. The van der Waals surface area contributed by atoms with Gasteiger partial charge in [-0.1, -0.05) is 0 Å². The number of benzene rings is 1. The van der Waals surface area contributed by atoms with E-state index in [0.29, 0.717) is 11.5 Å². The second-order valence-electron chi connectivity index (χ2n) is 3.58. The van der Waals surface area contributed by atoms with Gasteiger partial charge in [0.25, 0.3) is 0 Å². The van der Waals surface area contributed by atoms with Crippen molar-refractivity contribution >= 4 is 5.97 Å². The van der Waals surface area contributed by atoms with Crippen molar-refractivity contribution in [3.63, 3.8) is 0 Å². The van der Waals surface area contributed by atoms with Gasteiger partial charge in [-0.2, -0.15) is 5.26 Å². The molecule has 0 heterocycles.